The molecule has 0 spiro atoms. The highest BCUT2D eigenvalue weighted by Crippen LogP contribution is 2.13. The summed E-state index contributed by atoms with van der Waals surface area (Å²) in [5.74, 6) is -0.666. The van der Waals surface area contributed by atoms with Crippen LogP contribution in [0.2, 0.25) is 0 Å². The first-order valence-electron chi connectivity index (χ1n) is 9.14. The molecule has 0 aliphatic carbocycles. The second-order valence-corrected chi connectivity index (χ2v) is 6.46. The summed E-state index contributed by atoms with van der Waals surface area (Å²) in [6, 6.07) is 0. The zero-order chi connectivity index (χ0) is 20.7. The van der Waals surface area contributed by atoms with E-state index in [-0.39, 0.29) is 11.9 Å². The van der Waals surface area contributed by atoms with Crippen LogP contribution in [0.3, 0.4) is 0 Å². The molecule has 0 amide bonds. The highest BCUT2D eigenvalue weighted by atomic mass is 16.5. The molecular weight excluding hydrogens is 344 g/mol. The summed E-state index contributed by atoms with van der Waals surface area (Å²) in [7, 11) is 2.72. The van der Waals surface area contributed by atoms with Crippen LogP contribution in [0.5, 0.6) is 0 Å². The first-order chi connectivity index (χ1) is 12.8. The minimum absolute atomic E-state index is 0.323. The molecule has 0 aliphatic heterocycles. The van der Waals surface area contributed by atoms with Crippen LogP contribution in [0.1, 0.15) is 59.3 Å². The molecule has 150 valence electrons. The van der Waals surface area contributed by atoms with E-state index in [1.165, 1.54) is 25.9 Å². The van der Waals surface area contributed by atoms with E-state index in [9.17, 15) is 14.4 Å². The molecular formula is C22H32O5. The largest absolute Gasteiger partial charge is 0.466 e. The van der Waals surface area contributed by atoms with E-state index in [4.69, 9.17) is 0 Å². The Morgan fingerprint density at radius 3 is 1.96 bits per heavy atom. The van der Waals surface area contributed by atoms with Gasteiger partial charge in [-0.05, 0) is 64.9 Å². The molecule has 0 saturated carbocycles. The highest BCUT2D eigenvalue weighted by Gasteiger charge is 2.02. The number of hydrogen-bond acceptors (Lipinski definition) is 5. The molecule has 0 aromatic carbocycles. The van der Waals surface area contributed by atoms with Gasteiger partial charge in [0, 0.05) is 11.6 Å². The van der Waals surface area contributed by atoms with Gasteiger partial charge in [-0.2, -0.15) is 0 Å². The summed E-state index contributed by atoms with van der Waals surface area (Å²) in [6.07, 6.45) is 12.9. The zero-order valence-corrected chi connectivity index (χ0v) is 17.2. The standard InChI is InChI=1S/C22H32O5/c1-17(9-6-11-18(2)15-21(24)26-4)10-7-13-20(16-23)14-8-12-19(3)22(25)27-5/h9,12-13,15-16H,6-8,10-11,14H2,1-5H3. The summed E-state index contributed by atoms with van der Waals surface area (Å²) in [6.45, 7) is 5.68. The molecule has 0 bridgehead atoms. The maximum atomic E-state index is 11.3. The van der Waals surface area contributed by atoms with E-state index in [1.54, 1.807) is 13.0 Å². The smallest absolute Gasteiger partial charge is 0.333 e. The van der Waals surface area contributed by atoms with Gasteiger partial charge in [0.15, 0.2) is 0 Å². The number of ether oxygens (including phenoxy) is 2. The van der Waals surface area contributed by atoms with Crippen molar-refractivity contribution in [3.05, 3.63) is 46.6 Å². The van der Waals surface area contributed by atoms with Crippen LogP contribution in [-0.4, -0.2) is 32.4 Å². The van der Waals surface area contributed by atoms with Gasteiger partial charge in [-0.25, -0.2) is 9.59 Å². The summed E-state index contributed by atoms with van der Waals surface area (Å²) in [5, 5.41) is 0. The van der Waals surface area contributed by atoms with Crippen molar-refractivity contribution in [3.63, 3.8) is 0 Å². The van der Waals surface area contributed by atoms with Crippen molar-refractivity contribution < 1.29 is 23.9 Å². The Balaban J connectivity index is 4.34. The quantitative estimate of drug-likeness (QED) is 0.215. The molecule has 5 nitrogen and oxygen atoms in total. The molecule has 0 radical (unpaired) electrons. The Labute approximate surface area is 162 Å². The number of esters is 2. The summed E-state index contributed by atoms with van der Waals surface area (Å²) >= 11 is 0. The third-order valence-corrected chi connectivity index (χ3v) is 4.08. The lowest BCUT2D eigenvalue weighted by atomic mass is 10.0. The Kier molecular flexibility index (Phi) is 13.4. The lowest BCUT2D eigenvalue weighted by Crippen LogP contribution is -2.01. The van der Waals surface area contributed by atoms with Crippen molar-refractivity contribution in [1.29, 1.82) is 0 Å². The lowest BCUT2D eigenvalue weighted by molar-refractivity contribution is -0.136. The molecule has 0 atom stereocenters. The number of allylic oxidation sites excluding steroid dienone is 6. The molecule has 5 heteroatoms. The van der Waals surface area contributed by atoms with Gasteiger partial charge < -0.3 is 9.47 Å². The SMILES string of the molecule is COC(=O)C=C(C)CCC=C(C)CCC=C(C=O)CCC=C(C)C(=O)OC. The van der Waals surface area contributed by atoms with Crippen molar-refractivity contribution in [3.8, 4) is 0 Å². The molecule has 27 heavy (non-hydrogen) atoms. The van der Waals surface area contributed by atoms with E-state index in [0.717, 1.165) is 43.1 Å². The topological polar surface area (TPSA) is 69.7 Å². The molecule has 0 unspecified atom stereocenters. The van der Waals surface area contributed by atoms with Gasteiger partial charge >= 0.3 is 11.9 Å². The van der Waals surface area contributed by atoms with E-state index in [2.05, 4.69) is 22.5 Å². The van der Waals surface area contributed by atoms with Crippen molar-refractivity contribution in [2.45, 2.75) is 59.3 Å². The molecule has 0 N–H and O–H groups in total. The summed E-state index contributed by atoms with van der Waals surface area (Å²) < 4.78 is 9.24. The van der Waals surface area contributed by atoms with Crippen LogP contribution in [0, 0.1) is 0 Å². The van der Waals surface area contributed by atoms with Crippen molar-refractivity contribution in [1.82, 2.24) is 0 Å². The Hall–Kier alpha value is -2.43. The van der Waals surface area contributed by atoms with Crippen LogP contribution in [0.15, 0.2) is 46.6 Å². The molecule has 0 fully saturated rings. The highest BCUT2D eigenvalue weighted by molar-refractivity contribution is 5.87. The second-order valence-electron chi connectivity index (χ2n) is 6.46. The molecule has 0 aromatic heterocycles. The fourth-order valence-electron chi connectivity index (χ4n) is 2.37. The fourth-order valence-corrected chi connectivity index (χ4v) is 2.37. The van der Waals surface area contributed by atoms with Crippen molar-refractivity contribution in [2.75, 3.05) is 14.2 Å². The monoisotopic (exact) mass is 376 g/mol. The Bertz CT molecular complexity index is 621. The normalized spacial score (nSPS) is 13.4. The first kappa shape index (κ1) is 24.6. The van der Waals surface area contributed by atoms with Crippen LogP contribution < -0.4 is 0 Å². The Morgan fingerprint density at radius 2 is 1.37 bits per heavy atom. The van der Waals surface area contributed by atoms with Gasteiger partial charge in [0.1, 0.15) is 6.29 Å². The Morgan fingerprint density at radius 1 is 0.778 bits per heavy atom. The average molecular weight is 376 g/mol. The van der Waals surface area contributed by atoms with Gasteiger partial charge in [-0.1, -0.05) is 29.4 Å². The lowest BCUT2D eigenvalue weighted by Gasteiger charge is -2.02. The average Bonchev–Trinajstić information content (AvgIpc) is 2.65. The van der Waals surface area contributed by atoms with Gasteiger partial charge in [0.25, 0.3) is 0 Å². The van der Waals surface area contributed by atoms with Crippen molar-refractivity contribution >= 4 is 18.2 Å². The van der Waals surface area contributed by atoms with Crippen LogP contribution in [-0.2, 0) is 23.9 Å². The van der Waals surface area contributed by atoms with Gasteiger partial charge in [0.05, 0.1) is 14.2 Å². The van der Waals surface area contributed by atoms with Gasteiger partial charge in [-0.3, -0.25) is 4.79 Å². The number of aldehydes is 1. The number of rotatable bonds is 12. The molecule has 0 saturated heterocycles. The van der Waals surface area contributed by atoms with Crippen molar-refractivity contribution in [2.24, 2.45) is 0 Å². The number of carbonyl (C=O) groups excluding carboxylic acids is 3. The van der Waals surface area contributed by atoms with Crippen LogP contribution in [0.4, 0.5) is 0 Å². The molecule has 0 aromatic rings. The zero-order valence-electron chi connectivity index (χ0n) is 17.2. The summed E-state index contributed by atoms with van der Waals surface area (Å²) in [4.78, 5) is 33.6. The third kappa shape index (κ3) is 12.5. The molecule has 0 heterocycles. The predicted molar refractivity (Wildman–Crippen MR) is 107 cm³/mol. The maximum absolute atomic E-state index is 11.3. The number of hydrogen-bond donors (Lipinski definition) is 0. The van der Waals surface area contributed by atoms with E-state index in [1.807, 2.05) is 13.0 Å². The van der Waals surface area contributed by atoms with Gasteiger partial charge in [0.2, 0.25) is 0 Å². The molecule has 0 rings (SSSR count). The summed E-state index contributed by atoms with van der Waals surface area (Å²) in [5.41, 5.74) is 3.54. The van der Waals surface area contributed by atoms with E-state index < -0.39 is 0 Å². The minimum Gasteiger partial charge on any atom is -0.466 e. The minimum atomic E-state index is -0.343. The fraction of sp³-hybridized carbons (Fsp3) is 0.500. The van der Waals surface area contributed by atoms with E-state index in [0.29, 0.717) is 18.4 Å². The maximum Gasteiger partial charge on any atom is 0.333 e. The van der Waals surface area contributed by atoms with Gasteiger partial charge in [-0.15, -0.1) is 0 Å². The molecule has 0 aliphatic rings. The first-order valence-corrected chi connectivity index (χ1v) is 9.14. The number of methoxy groups -OCH3 is 2. The second kappa shape index (κ2) is 14.7. The van der Waals surface area contributed by atoms with Crippen LogP contribution in [0.25, 0.3) is 0 Å². The predicted octanol–water partition coefficient (Wildman–Crippen LogP) is 4.64. The third-order valence-electron chi connectivity index (χ3n) is 4.08. The van der Waals surface area contributed by atoms with Crippen LogP contribution >= 0.6 is 0 Å². The number of carbonyl (C=O) groups is 3. The van der Waals surface area contributed by atoms with E-state index >= 15 is 0 Å².